The lowest BCUT2D eigenvalue weighted by molar-refractivity contribution is -0.117. The Labute approximate surface area is 254 Å². The predicted molar refractivity (Wildman–Crippen MR) is 162 cm³/mol. The Hall–Kier alpha value is -5.35. The Morgan fingerprint density at radius 1 is 1.11 bits per heavy atom. The third kappa shape index (κ3) is 5.80. The van der Waals surface area contributed by atoms with Gasteiger partial charge in [-0.2, -0.15) is 10.4 Å². The van der Waals surface area contributed by atoms with Gasteiger partial charge in [-0.25, -0.2) is 4.98 Å². The van der Waals surface area contributed by atoms with Gasteiger partial charge in [0, 0.05) is 55.5 Å². The van der Waals surface area contributed by atoms with Crippen LogP contribution in [0.2, 0.25) is 0 Å². The largest absolute Gasteiger partial charge is 0.494 e. The molecule has 4 aromatic rings. The van der Waals surface area contributed by atoms with E-state index in [1.54, 1.807) is 25.4 Å². The van der Waals surface area contributed by atoms with Gasteiger partial charge in [-0.15, -0.1) is 10.2 Å². The summed E-state index contributed by atoms with van der Waals surface area (Å²) in [4.78, 5) is 31.7. The number of carbonyl (C=O) groups excluding carboxylic acids is 2. The van der Waals surface area contributed by atoms with Crippen LogP contribution in [0.4, 0.5) is 17.2 Å². The highest BCUT2D eigenvalue weighted by Crippen LogP contribution is 2.39. The monoisotopic (exact) mass is 592 g/mol. The van der Waals surface area contributed by atoms with E-state index in [4.69, 9.17) is 4.74 Å². The number of benzene rings is 1. The minimum Gasteiger partial charge on any atom is -0.494 e. The minimum absolute atomic E-state index is 0.00516. The first-order valence-electron chi connectivity index (χ1n) is 14.4. The van der Waals surface area contributed by atoms with Gasteiger partial charge in [0.15, 0.2) is 11.5 Å². The Bertz CT molecular complexity index is 1750. The smallest absolute Gasteiger partial charge is 0.273 e. The summed E-state index contributed by atoms with van der Waals surface area (Å²) in [6, 6.07) is 15.2. The van der Waals surface area contributed by atoms with Crippen LogP contribution >= 0.6 is 0 Å². The van der Waals surface area contributed by atoms with Crippen LogP contribution in [0.3, 0.4) is 0 Å². The highest BCUT2D eigenvalue weighted by atomic mass is 16.5. The molecule has 1 atom stereocenters. The molecule has 1 saturated carbocycles. The topological polar surface area (TPSA) is 163 Å². The summed E-state index contributed by atoms with van der Waals surface area (Å²) in [6.07, 6.45) is 5.52. The zero-order valence-electron chi connectivity index (χ0n) is 24.6. The zero-order valence-corrected chi connectivity index (χ0v) is 24.6. The number of para-hydroxylation sites is 1. The van der Waals surface area contributed by atoms with Crippen LogP contribution in [0.15, 0.2) is 54.9 Å². The SMILES string of the molecule is CNC(=O)c1nnc(NC(=O)C2CC2)cc1Nc1cccc(-c2cnn(C3CN(C(C)c4cccc(C#N)n4)C3)c2)c1OC. The number of rotatable bonds is 10. The maximum absolute atomic E-state index is 12.6. The summed E-state index contributed by atoms with van der Waals surface area (Å²) < 4.78 is 7.81. The molecular formula is C31H32N10O3. The molecule has 224 valence electrons. The van der Waals surface area contributed by atoms with Crippen molar-refractivity contribution < 1.29 is 14.3 Å². The Morgan fingerprint density at radius 3 is 2.64 bits per heavy atom. The fourth-order valence-corrected chi connectivity index (χ4v) is 5.22. The van der Waals surface area contributed by atoms with Crippen LogP contribution in [0.5, 0.6) is 5.75 Å². The molecule has 1 aliphatic heterocycles. The maximum atomic E-state index is 12.6. The average Bonchev–Trinajstić information content (AvgIpc) is 3.78. The predicted octanol–water partition coefficient (Wildman–Crippen LogP) is 3.68. The minimum atomic E-state index is -0.422. The molecule has 2 aliphatic rings. The number of nitrogens with zero attached hydrogens (tertiary/aromatic N) is 7. The van der Waals surface area contributed by atoms with Crippen molar-refractivity contribution in [1.82, 2.24) is 35.2 Å². The molecule has 1 unspecified atom stereocenters. The number of likely N-dealkylation sites (tertiary alicyclic amines) is 1. The highest BCUT2D eigenvalue weighted by Gasteiger charge is 2.34. The van der Waals surface area contributed by atoms with Gasteiger partial charge in [-0.05, 0) is 38.0 Å². The zero-order chi connectivity index (χ0) is 30.8. The molecule has 1 aliphatic carbocycles. The number of anilines is 3. The van der Waals surface area contributed by atoms with E-state index in [9.17, 15) is 14.9 Å². The van der Waals surface area contributed by atoms with E-state index in [1.807, 2.05) is 41.2 Å². The van der Waals surface area contributed by atoms with Crippen molar-refractivity contribution in [3.05, 3.63) is 71.9 Å². The number of nitriles is 1. The lowest BCUT2D eigenvalue weighted by atomic mass is 10.0. The first-order valence-corrected chi connectivity index (χ1v) is 14.4. The summed E-state index contributed by atoms with van der Waals surface area (Å²) in [6.45, 7) is 3.70. The molecule has 13 heteroatoms. The number of aromatic nitrogens is 5. The molecule has 3 N–H and O–H groups in total. The lowest BCUT2D eigenvalue weighted by Gasteiger charge is -2.42. The number of ether oxygens (including phenoxy) is 1. The number of hydrogen-bond acceptors (Lipinski definition) is 10. The van der Waals surface area contributed by atoms with Crippen molar-refractivity contribution in [3.8, 4) is 22.9 Å². The molecule has 2 fully saturated rings. The summed E-state index contributed by atoms with van der Waals surface area (Å²) in [7, 11) is 3.10. The number of carbonyl (C=O) groups is 2. The van der Waals surface area contributed by atoms with Crippen molar-refractivity contribution in [2.24, 2.45) is 5.92 Å². The average molecular weight is 593 g/mol. The van der Waals surface area contributed by atoms with E-state index in [0.717, 1.165) is 42.8 Å². The molecule has 44 heavy (non-hydrogen) atoms. The number of pyridine rings is 1. The molecule has 0 radical (unpaired) electrons. The summed E-state index contributed by atoms with van der Waals surface area (Å²) in [5.74, 6) is 0.278. The third-order valence-corrected chi connectivity index (χ3v) is 7.96. The normalized spacial score (nSPS) is 15.5. The summed E-state index contributed by atoms with van der Waals surface area (Å²) >= 11 is 0. The van der Waals surface area contributed by atoms with Gasteiger partial charge in [0.2, 0.25) is 5.91 Å². The fraction of sp³-hybridized carbons (Fsp3) is 0.323. The fourth-order valence-electron chi connectivity index (χ4n) is 5.22. The molecule has 3 aromatic heterocycles. The van der Waals surface area contributed by atoms with Crippen molar-refractivity contribution >= 4 is 29.0 Å². The van der Waals surface area contributed by atoms with Gasteiger partial charge in [0.25, 0.3) is 5.91 Å². The van der Waals surface area contributed by atoms with Crippen LogP contribution in [-0.2, 0) is 4.79 Å². The second kappa shape index (κ2) is 12.1. The molecule has 6 rings (SSSR count). The standard InChI is InChI=1S/C31H32N10O3/c1-18(24-8-4-6-21(13-32)35-24)40-16-22(17-40)41-15-20(14-34-41)23-7-5-9-25(29(23)44-3)36-26-12-27(37-30(42)19-10-11-19)38-39-28(26)31(43)33-2/h4-9,12,14-15,18-19,22H,10-11,16-17H2,1-3H3,(H,33,43)(H2,36,37,38,42). The van der Waals surface area contributed by atoms with Gasteiger partial charge in [0.1, 0.15) is 17.5 Å². The van der Waals surface area contributed by atoms with Crippen LogP contribution in [-0.4, -0.2) is 68.9 Å². The molecule has 0 spiro atoms. The van der Waals surface area contributed by atoms with E-state index in [-0.39, 0.29) is 35.4 Å². The van der Waals surface area contributed by atoms with Crippen LogP contribution < -0.4 is 20.7 Å². The second-order valence-electron chi connectivity index (χ2n) is 10.9. The van der Waals surface area contributed by atoms with Crippen molar-refractivity contribution in [2.45, 2.75) is 31.8 Å². The number of amides is 2. The van der Waals surface area contributed by atoms with E-state index in [1.165, 1.54) is 7.05 Å². The van der Waals surface area contributed by atoms with E-state index in [0.29, 0.717) is 22.8 Å². The Kier molecular flexibility index (Phi) is 7.91. The van der Waals surface area contributed by atoms with Gasteiger partial charge >= 0.3 is 0 Å². The molecule has 0 bridgehead atoms. The van der Waals surface area contributed by atoms with E-state index < -0.39 is 5.91 Å². The molecule has 1 saturated heterocycles. The summed E-state index contributed by atoms with van der Waals surface area (Å²) in [5, 5.41) is 30.6. The van der Waals surface area contributed by atoms with Gasteiger partial charge in [0.05, 0.1) is 36.4 Å². The number of nitrogens with one attached hydrogen (secondary N) is 3. The van der Waals surface area contributed by atoms with Gasteiger partial charge < -0.3 is 20.7 Å². The third-order valence-electron chi connectivity index (χ3n) is 7.96. The van der Waals surface area contributed by atoms with Crippen molar-refractivity contribution in [1.29, 1.82) is 5.26 Å². The van der Waals surface area contributed by atoms with Crippen LogP contribution in [0, 0.1) is 17.2 Å². The highest BCUT2D eigenvalue weighted by molar-refractivity contribution is 6.00. The summed E-state index contributed by atoms with van der Waals surface area (Å²) in [5.41, 5.74) is 4.03. The van der Waals surface area contributed by atoms with Crippen LogP contribution in [0.1, 0.15) is 53.7 Å². The second-order valence-corrected chi connectivity index (χ2v) is 10.9. The quantitative estimate of drug-likeness (QED) is 0.248. The number of methoxy groups -OCH3 is 1. The van der Waals surface area contributed by atoms with Crippen LogP contribution in [0.25, 0.3) is 11.1 Å². The maximum Gasteiger partial charge on any atom is 0.273 e. The van der Waals surface area contributed by atoms with E-state index >= 15 is 0 Å². The Balaban J connectivity index is 1.20. The first kappa shape index (κ1) is 28.8. The molecule has 4 heterocycles. The van der Waals surface area contributed by atoms with Crippen molar-refractivity contribution in [3.63, 3.8) is 0 Å². The molecule has 1 aromatic carbocycles. The molecule has 13 nitrogen and oxygen atoms in total. The van der Waals surface area contributed by atoms with Gasteiger partial charge in [-0.3, -0.25) is 19.2 Å². The lowest BCUT2D eigenvalue weighted by Crippen LogP contribution is -2.48. The Morgan fingerprint density at radius 2 is 1.91 bits per heavy atom. The first-order chi connectivity index (χ1) is 21.4. The molecular weight excluding hydrogens is 560 g/mol. The van der Waals surface area contributed by atoms with Crippen molar-refractivity contribution in [2.75, 3.05) is 37.9 Å². The van der Waals surface area contributed by atoms with Gasteiger partial charge in [-0.1, -0.05) is 18.2 Å². The molecule has 2 amide bonds. The van der Waals surface area contributed by atoms with E-state index in [2.05, 4.69) is 54.1 Å². The number of hydrogen-bond donors (Lipinski definition) is 3.